The first-order valence-electron chi connectivity index (χ1n) is 5.85. The van der Waals surface area contributed by atoms with Crippen LogP contribution in [0.1, 0.15) is 37.2 Å². The summed E-state index contributed by atoms with van der Waals surface area (Å²) in [6.45, 7) is 4.13. The molecule has 0 fully saturated rings. The van der Waals surface area contributed by atoms with Crippen LogP contribution in [0.25, 0.3) is 0 Å². The van der Waals surface area contributed by atoms with Gasteiger partial charge in [-0.15, -0.1) is 0 Å². The Balaban J connectivity index is 2.47. The predicted molar refractivity (Wildman–Crippen MR) is 78.7 cm³/mol. The third kappa shape index (κ3) is 2.97. The number of hydrogen-bond acceptors (Lipinski definition) is 4. The largest absolute Gasteiger partial charge is 0.271 e. The van der Waals surface area contributed by atoms with Gasteiger partial charge < -0.3 is 0 Å². The SMILES string of the molecule is CC(C)n1ncc(Br)c1C(NN)c1ccc(Cl)nc1. The molecular weight excluding hydrogens is 330 g/mol. The molecule has 0 saturated carbocycles. The Hall–Kier alpha value is -0.950. The molecule has 0 saturated heterocycles. The van der Waals surface area contributed by atoms with Gasteiger partial charge in [0.2, 0.25) is 0 Å². The van der Waals surface area contributed by atoms with Crippen molar-refractivity contribution in [2.45, 2.75) is 25.9 Å². The average Bonchev–Trinajstić information content (AvgIpc) is 2.75. The van der Waals surface area contributed by atoms with Crippen LogP contribution in [0.15, 0.2) is 29.0 Å². The van der Waals surface area contributed by atoms with E-state index in [9.17, 15) is 0 Å². The molecule has 0 aromatic carbocycles. The smallest absolute Gasteiger partial charge is 0.129 e. The third-order valence-electron chi connectivity index (χ3n) is 2.80. The number of pyridine rings is 1. The van der Waals surface area contributed by atoms with Crippen LogP contribution in [0.5, 0.6) is 0 Å². The minimum Gasteiger partial charge on any atom is -0.271 e. The van der Waals surface area contributed by atoms with Crippen molar-refractivity contribution in [3.63, 3.8) is 0 Å². The molecule has 19 heavy (non-hydrogen) atoms. The summed E-state index contributed by atoms with van der Waals surface area (Å²) < 4.78 is 2.82. The van der Waals surface area contributed by atoms with E-state index in [-0.39, 0.29) is 12.1 Å². The molecule has 1 unspecified atom stereocenters. The van der Waals surface area contributed by atoms with Crippen LogP contribution in [0.3, 0.4) is 0 Å². The van der Waals surface area contributed by atoms with Crippen LogP contribution in [0.4, 0.5) is 0 Å². The van der Waals surface area contributed by atoms with E-state index in [2.05, 4.69) is 45.3 Å². The van der Waals surface area contributed by atoms with E-state index in [1.807, 2.05) is 10.7 Å². The fourth-order valence-electron chi connectivity index (χ4n) is 1.92. The summed E-state index contributed by atoms with van der Waals surface area (Å²) in [5, 5.41) is 4.81. The Morgan fingerprint density at radius 1 is 1.37 bits per heavy atom. The molecule has 0 bridgehead atoms. The van der Waals surface area contributed by atoms with E-state index in [1.165, 1.54) is 0 Å². The molecule has 102 valence electrons. The van der Waals surface area contributed by atoms with Gasteiger partial charge in [0.15, 0.2) is 0 Å². The fraction of sp³-hybridized carbons (Fsp3) is 0.333. The van der Waals surface area contributed by atoms with Crippen LogP contribution in [-0.4, -0.2) is 14.8 Å². The number of aromatic nitrogens is 3. The lowest BCUT2D eigenvalue weighted by Crippen LogP contribution is -2.31. The molecule has 0 aliphatic carbocycles. The molecule has 2 aromatic heterocycles. The number of nitrogens with zero attached hydrogens (tertiary/aromatic N) is 3. The highest BCUT2D eigenvalue weighted by molar-refractivity contribution is 9.10. The summed E-state index contributed by atoms with van der Waals surface area (Å²) in [5.74, 6) is 5.70. The zero-order valence-electron chi connectivity index (χ0n) is 10.6. The molecule has 2 aromatic rings. The highest BCUT2D eigenvalue weighted by Crippen LogP contribution is 2.29. The number of hydrazine groups is 1. The Bertz CT molecular complexity index is 552. The van der Waals surface area contributed by atoms with Gasteiger partial charge in [-0.25, -0.2) is 10.4 Å². The Morgan fingerprint density at radius 3 is 2.63 bits per heavy atom. The second-order valence-corrected chi connectivity index (χ2v) is 5.67. The Morgan fingerprint density at radius 2 is 2.11 bits per heavy atom. The highest BCUT2D eigenvalue weighted by Gasteiger charge is 2.22. The van der Waals surface area contributed by atoms with Crippen molar-refractivity contribution in [3.8, 4) is 0 Å². The minimum absolute atomic E-state index is 0.205. The molecule has 0 aliphatic heterocycles. The van der Waals surface area contributed by atoms with Gasteiger partial charge in [0, 0.05) is 12.2 Å². The lowest BCUT2D eigenvalue weighted by molar-refractivity contribution is 0.475. The molecule has 3 N–H and O–H groups in total. The zero-order chi connectivity index (χ0) is 14.0. The van der Waals surface area contributed by atoms with Crippen molar-refractivity contribution < 1.29 is 0 Å². The number of nitrogens with two attached hydrogens (primary N) is 1. The summed E-state index contributed by atoms with van der Waals surface area (Å²) in [6, 6.07) is 3.66. The van der Waals surface area contributed by atoms with Crippen LogP contribution < -0.4 is 11.3 Å². The third-order valence-corrected chi connectivity index (χ3v) is 3.63. The molecule has 7 heteroatoms. The topological polar surface area (TPSA) is 68.8 Å². The molecule has 1 atom stereocenters. The molecule has 0 spiro atoms. The lowest BCUT2D eigenvalue weighted by atomic mass is 10.1. The molecule has 0 amide bonds. The minimum atomic E-state index is -0.205. The number of hydrogen-bond donors (Lipinski definition) is 2. The maximum absolute atomic E-state index is 5.81. The Kier molecular flexibility index (Phi) is 4.57. The molecule has 5 nitrogen and oxygen atoms in total. The number of halogens is 2. The van der Waals surface area contributed by atoms with Crippen molar-refractivity contribution in [2.24, 2.45) is 5.84 Å². The summed E-state index contributed by atoms with van der Waals surface area (Å²) >= 11 is 9.32. The van der Waals surface area contributed by atoms with E-state index < -0.39 is 0 Å². The normalized spacial score (nSPS) is 12.9. The maximum atomic E-state index is 5.81. The zero-order valence-corrected chi connectivity index (χ0v) is 13.0. The van der Waals surface area contributed by atoms with Crippen molar-refractivity contribution >= 4 is 27.5 Å². The van der Waals surface area contributed by atoms with E-state index in [0.29, 0.717) is 5.15 Å². The summed E-state index contributed by atoms with van der Waals surface area (Å²) in [4.78, 5) is 4.09. The van der Waals surface area contributed by atoms with E-state index >= 15 is 0 Å². The van der Waals surface area contributed by atoms with Crippen molar-refractivity contribution in [1.82, 2.24) is 20.2 Å². The van der Waals surface area contributed by atoms with Gasteiger partial charge in [-0.1, -0.05) is 17.7 Å². The molecule has 0 aliphatic rings. The first-order valence-corrected chi connectivity index (χ1v) is 7.02. The van der Waals surface area contributed by atoms with Crippen LogP contribution in [0, 0.1) is 0 Å². The van der Waals surface area contributed by atoms with Gasteiger partial charge in [0.05, 0.1) is 22.4 Å². The lowest BCUT2D eigenvalue weighted by Gasteiger charge is -2.20. The molecule has 2 heterocycles. The van der Waals surface area contributed by atoms with Gasteiger partial charge >= 0.3 is 0 Å². The maximum Gasteiger partial charge on any atom is 0.129 e. The van der Waals surface area contributed by atoms with Crippen molar-refractivity contribution in [3.05, 3.63) is 45.4 Å². The van der Waals surface area contributed by atoms with Gasteiger partial charge in [-0.3, -0.25) is 10.5 Å². The molecule has 0 radical (unpaired) electrons. The van der Waals surface area contributed by atoms with Gasteiger partial charge in [-0.05, 0) is 41.4 Å². The van der Waals surface area contributed by atoms with Crippen molar-refractivity contribution in [1.29, 1.82) is 0 Å². The second-order valence-electron chi connectivity index (χ2n) is 4.43. The summed E-state index contributed by atoms with van der Waals surface area (Å²) in [5.41, 5.74) is 4.69. The molecular formula is C12H15BrClN5. The number of nitrogens with one attached hydrogen (secondary N) is 1. The van der Waals surface area contributed by atoms with Gasteiger partial charge in [-0.2, -0.15) is 5.10 Å². The second kappa shape index (κ2) is 6.00. The standard InChI is InChI=1S/C12H15BrClN5/c1-7(2)19-12(9(13)6-17-19)11(18-15)8-3-4-10(14)16-5-8/h3-7,11,18H,15H2,1-2H3. The first-order chi connectivity index (χ1) is 9.04. The van der Waals surface area contributed by atoms with Crippen molar-refractivity contribution in [2.75, 3.05) is 0 Å². The highest BCUT2D eigenvalue weighted by atomic mass is 79.9. The summed E-state index contributed by atoms with van der Waals surface area (Å²) in [7, 11) is 0. The first kappa shape index (κ1) is 14.5. The monoisotopic (exact) mass is 343 g/mol. The van der Waals surface area contributed by atoms with Gasteiger partial charge in [0.1, 0.15) is 5.15 Å². The predicted octanol–water partition coefficient (Wildman–Crippen LogP) is 2.83. The Labute approximate surface area is 125 Å². The fourth-order valence-corrected chi connectivity index (χ4v) is 2.54. The number of rotatable bonds is 4. The summed E-state index contributed by atoms with van der Waals surface area (Å²) in [6.07, 6.45) is 3.47. The van der Waals surface area contributed by atoms with Crippen LogP contribution in [0.2, 0.25) is 5.15 Å². The molecule has 2 rings (SSSR count). The quantitative estimate of drug-likeness (QED) is 0.508. The van der Waals surface area contributed by atoms with Crippen LogP contribution >= 0.6 is 27.5 Å². The van der Waals surface area contributed by atoms with E-state index in [1.54, 1.807) is 18.5 Å². The van der Waals surface area contributed by atoms with E-state index in [0.717, 1.165) is 15.7 Å². The average molecular weight is 345 g/mol. The van der Waals surface area contributed by atoms with E-state index in [4.69, 9.17) is 17.4 Å². The van der Waals surface area contributed by atoms with Crippen LogP contribution in [-0.2, 0) is 0 Å². The van der Waals surface area contributed by atoms with Gasteiger partial charge in [0.25, 0.3) is 0 Å².